The van der Waals surface area contributed by atoms with Gasteiger partial charge in [0.1, 0.15) is 0 Å². The van der Waals surface area contributed by atoms with Crippen LogP contribution in [0.15, 0.2) is 11.6 Å². The first-order valence-electron chi connectivity index (χ1n) is 21.2. The number of allylic oxidation sites excluding steroid dienone is 1. The van der Waals surface area contributed by atoms with Crippen LogP contribution in [-0.2, 0) is 21.8 Å². The predicted molar refractivity (Wildman–Crippen MR) is 201 cm³/mol. The van der Waals surface area contributed by atoms with Gasteiger partial charge in [-0.15, -0.1) is 0 Å². The van der Waals surface area contributed by atoms with Crippen molar-refractivity contribution in [3.8, 4) is 0 Å². The zero-order valence-corrected chi connectivity index (χ0v) is 36.1. The van der Waals surface area contributed by atoms with Gasteiger partial charge in [-0.3, -0.25) is 0 Å². The summed E-state index contributed by atoms with van der Waals surface area (Å²) in [6, 6.07) is 0. The summed E-state index contributed by atoms with van der Waals surface area (Å²) >= 11 is 0.125. The summed E-state index contributed by atoms with van der Waals surface area (Å²) < 4.78 is 8.38. The second kappa shape index (κ2) is 23.6. The first-order chi connectivity index (χ1) is 23.1. The Morgan fingerprint density at radius 2 is 1.35 bits per heavy atom. The van der Waals surface area contributed by atoms with E-state index in [-0.39, 0.29) is 35.9 Å². The number of aliphatic hydroxyl groups excluding tert-OH is 2. The van der Waals surface area contributed by atoms with Crippen LogP contribution in [0.5, 0.6) is 0 Å². The average molecular weight is 724 g/mol. The van der Waals surface area contributed by atoms with Crippen molar-refractivity contribution >= 4 is 0 Å². The van der Waals surface area contributed by atoms with Crippen molar-refractivity contribution in [3.63, 3.8) is 0 Å². The molecular formula is C44H81O3Zn-. The van der Waals surface area contributed by atoms with E-state index in [1.54, 1.807) is 0 Å². The molecule has 4 heteroatoms. The molecule has 0 amide bonds. The molecule has 3 nitrogen and oxygen atoms in total. The third kappa shape index (κ3) is 12.6. The van der Waals surface area contributed by atoms with E-state index < -0.39 is 0 Å². The van der Waals surface area contributed by atoms with Crippen LogP contribution in [-0.4, -0.2) is 22.4 Å². The minimum atomic E-state index is -0.373. The molecule has 3 fully saturated rings. The molecule has 0 radical (unpaired) electrons. The van der Waals surface area contributed by atoms with E-state index in [0.29, 0.717) is 17.8 Å². The van der Waals surface area contributed by atoms with Crippen molar-refractivity contribution in [2.45, 2.75) is 214 Å². The number of hydrogen-bond acceptors (Lipinski definition) is 3. The van der Waals surface area contributed by atoms with E-state index in [0.717, 1.165) is 42.4 Å². The second-order valence-corrected chi connectivity index (χ2v) is 17.7. The Balaban J connectivity index is 0.000000363. The van der Waals surface area contributed by atoms with Crippen molar-refractivity contribution in [3.05, 3.63) is 18.6 Å². The van der Waals surface area contributed by atoms with Gasteiger partial charge in [0.2, 0.25) is 0 Å². The molecule has 0 heterocycles. The summed E-state index contributed by atoms with van der Waals surface area (Å²) in [5, 5.41) is 21.3. The van der Waals surface area contributed by atoms with E-state index in [1.807, 2.05) is 0 Å². The fourth-order valence-corrected chi connectivity index (χ4v) is 11.1. The number of aliphatic hydroxyl groups is 2. The van der Waals surface area contributed by atoms with Crippen LogP contribution in [0, 0.1) is 53.3 Å². The first-order valence-corrected chi connectivity index (χ1v) is 22.4. The third-order valence-electron chi connectivity index (χ3n) is 14.0. The van der Waals surface area contributed by atoms with Crippen molar-refractivity contribution in [1.82, 2.24) is 0 Å². The molecule has 48 heavy (non-hydrogen) atoms. The number of unbranched alkanes of at least 4 members (excludes halogenated alkanes) is 14. The number of hydrogen-bond donors (Lipinski definition) is 2. The third-order valence-corrected chi connectivity index (χ3v) is 14.0. The van der Waals surface area contributed by atoms with Gasteiger partial charge >= 0.3 is 21.8 Å². The van der Waals surface area contributed by atoms with Gasteiger partial charge in [-0.2, -0.15) is 6.42 Å². The summed E-state index contributed by atoms with van der Waals surface area (Å²) in [5.74, 6) is 4.73. The predicted octanol–water partition coefficient (Wildman–Crippen LogP) is 12.9. The molecule has 0 spiro atoms. The summed E-state index contributed by atoms with van der Waals surface area (Å²) in [6.45, 7) is 18.4. The van der Waals surface area contributed by atoms with Gasteiger partial charge in [-0.05, 0) is 79.4 Å². The molecule has 0 aromatic carbocycles. The molecule has 0 saturated heterocycles. The van der Waals surface area contributed by atoms with E-state index in [1.165, 1.54) is 147 Å². The fourth-order valence-electron chi connectivity index (χ4n) is 11.1. The van der Waals surface area contributed by atoms with Gasteiger partial charge in [0.05, 0.1) is 12.2 Å². The van der Waals surface area contributed by atoms with Crippen molar-refractivity contribution in [2.75, 3.05) is 0 Å². The van der Waals surface area contributed by atoms with Crippen LogP contribution in [0.4, 0.5) is 0 Å². The molecule has 2 N–H and O–H groups in total. The van der Waals surface area contributed by atoms with Gasteiger partial charge in [0.25, 0.3) is 0 Å². The molecular weight excluding hydrogens is 642 g/mol. The van der Waals surface area contributed by atoms with Gasteiger partial charge in [-0.25, -0.2) is 0 Å². The topological polar surface area (TPSA) is 57.5 Å². The second-order valence-electron chi connectivity index (χ2n) is 17.7. The molecule has 9 atom stereocenters. The van der Waals surface area contributed by atoms with Crippen LogP contribution in [0.2, 0.25) is 0 Å². The molecule has 4 aliphatic carbocycles. The van der Waals surface area contributed by atoms with Crippen molar-refractivity contribution in [1.29, 1.82) is 0 Å². The van der Waals surface area contributed by atoms with E-state index in [9.17, 15) is 10.2 Å². The molecule has 1 unspecified atom stereocenters. The number of rotatable bonds is 19. The van der Waals surface area contributed by atoms with Gasteiger partial charge in [0.15, 0.2) is 0 Å². The van der Waals surface area contributed by atoms with E-state index >= 15 is 0 Å². The molecule has 0 aromatic heterocycles. The average Bonchev–Trinajstić information content (AvgIpc) is 3.42. The molecule has 278 valence electrons. The monoisotopic (exact) mass is 722 g/mol. The molecule has 3 saturated carbocycles. The Morgan fingerprint density at radius 1 is 0.792 bits per heavy atom. The quantitative estimate of drug-likeness (QED) is 0.0604. The SMILES string of the molecule is CC(C)CCC[C@@H](C)[C@H]1CC[C@H]2[C@@H]3CC=C4C[C@H](O)CC(O)[C@]4(C)[C@H]3CC[C@]12C.[CH2-]CCCCCCCCCCCCCCCC.[O]=[Zn]. The summed E-state index contributed by atoms with van der Waals surface area (Å²) in [6.07, 6.45) is 35.2. The zero-order valence-electron chi connectivity index (χ0n) is 33.1. The van der Waals surface area contributed by atoms with Crippen LogP contribution in [0.1, 0.15) is 202 Å². The van der Waals surface area contributed by atoms with Crippen molar-refractivity contribution in [2.24, 2.45) is 46.3 Å². The summed E-state index contributed by atoms with van der Waals surface area (Å²) in [4.78, 5) is 0. The Hall–Kier alpha value is 0.0834. The maximum absolute atomic E-state index is 11.1. The molecule has 0 bridgehead atoms. The van der Waals surface area contributed by atoms with Crippen molar-refractivity contribution < 1.29 is 32.0 Å². The number of fused-ring (bicyclic) bond motifs is 5. The van der Waals surface area contributed by atoms with Gasteiger partial charge in [-0.1, -0.05) is 162 Å². The standard InChI is InChI=1S/C27H46O2.C17H35.O.Zn/c1-17(2)7-6-8-18(3)22-11-12-23-21-10-9-19-15-20(28)16-25(29)27(19,5)24(21)13-14-26(22,23)4;1-3-5-7-9-11-13-15-17-16-14-12-10-8-6-4-2;;/h9,17-18,20-25,28-29H,6-8,10-16H2,1-5H3;1,3-17H2,2H3;;/q;-1;;/t18-,20+,21+,22-,23+,24+,25?,26-,27+;;;/m1.../s1. The fraction of sp³-hybridized carbons (Fsp3) is 0.932. The summed E-state index contributed by atoms with van der Waals surface area (Å²) in [7, 11) is 0. The zero-order chi connectivity index (χ0) is 35.6. The molecule has 0 aromatic rings. The van der Waals surface area contributed by atoms with Crippen LogP contribution in [0.3, 0.4) is 0 Å². The minimum absolute atomic E-state index is 0.0928. The molecule has 4 rings (SSSR count). The molecule has 4 aliphatic rings. The Kier molecular flexibility index (Phi) is 21.8. The normalized spacial score (nSPS) is 33.0. The summed E-state index contributed by atoms with van der Waals surface area (Å²) in [5.41, 5.74) is 1.77. The van der Waals surface area contributed by atoms with E-state index in [4.69, 9.17) is 3.57 Å². The molecule has 0 aliphatic heterocycles. The van der Waals surface area contributed by atoms with Crippen LogP contribution in [0.25, 0.3) is 0 Å². The Morgan fingerprint density at radius 3 is 1.90 bits per heavy atom. The first kappa shape index (κ1) is 44.2. The van der Waals surface area contributed by atoms with Gasteiger partial charge in [0, 0.05) is 11.8 Å². The Labute approximate surface area is 310 Å². The van der Waals surface area contributed by atoms with Crippen LogP contribution < -0.4 is 0 Å². The Bertz CT molecular complexity index is 859. The van der Waals surface area contributed by atoms with Crippen LogP contribution >= 0.6 is 0 Å². The van der Waals surface area contributed by atoms with E-state index in [2.05, 4.69) is 54.5 Å². The maximum atomic E-state index is 11.1. The van der Waals surface area contributed by atoms with Gasteiger partial charge < -0.3 is 17.1 Å².